The van der Waals surface area contributed by atoms with E-state index in [0.29, 0.717) is 6.54 Å². The lowest BCUT2D eigenvalue weighted by atomic mass is 9.87. The molecule has 1 saturated heterocycles. The quantitative estimate of drug-likeness (QED) is 0.934. The molecule has 6 heteroatoms. The molecule has 2 heterocycles. The highest BCUT2D eigenvalue weighted by Gasteiger charge is 2.44. The first-order valence-electron chi connectivity index (χ1n) is 7.83. The van der Waals surface area contributed by atoms with Gasteiger partial charge < -0.3 is 5.32 Å². The summed E-state index contributed by atoms with van der Waals surface area (Å²) >= 11 is 6.08. The Balaban J connectivity index is 1.84. The number of nitrogens with one attached hydrogen (secondary N) is 1. The van der Waals surface area contributed by atoms with Gasteiger partial charge in [0.2, 0.25) is 5.91 Å². The zero-order valence-corrected chi connectivity index (χ0v) is 14.0. The van der Waals surface area contributed by atoms with Crippen molar-refractivity contribution >= 4 is 17.5 Å². The van der Waals surface area contributed by atoms with Crippen LogP contribution in [-0.2, 0) is 16.9 Å². The average Bonchev–Trinajstić information content (AvgIpc) is 3.09. The molecular formula is C17H21ClN4O. The number of rotatable bonds is 4. The lowest BCUT2D eigenvalue weighted by molar-refractivity contribution is -0.133. The molecule has 1 atom stereocenters. The predicted molar refractivity (Wildman–Crippen MR) is 90.2 cm³/mol. The summed E-state index contributed by atoms with van der Waals surface area (Å²) in [5.41, 5.74) is 0.514. The summed E-state index contributed by atoms with van der Waals surface area (Å²) in [5, 5.41) is 7.89. The number of benzene rings is 1. The van der Waals surface area contributed by atoms with Gasteiger partial charge in [-0.3, -0.25) is 14.4 Å². The Kier molecular flexibility index (Phi) is 4.68. The molecule has 0 saturated carbocycles. The van der Waals surface area contributed by atoms with Crippen LogP contribution in [0.15, 0.2) is 42.7 Å². The van der Waals surface area contributed by atoms with Crippen LogP contribution in [0, 0.1) is 0 Å². The number of piperidine rings is 1. The SMILES string of the molecule is CNC(=O)C1(n2cccn2)CCCN(Cc2cccc(Cl)c2)C1. The summed E-state index contributed by atoms with van der Waals surface area (Å²) in [5.74, 6) is 0.0111. The second-order valence-corrected chi connectivity index (χ2v) is 6.44. The monoisotopic (exact) mass is 332 g/mol. The Hall–Kier alpha value is -1.85. The van der Waals surface area contributed by atoms with E-state index in [-0.39, 0.29) is 5.91 Å². The zero-order valence-electron chi connectivity index (χ0n) is 13.2. The van der Waals surface area contributed by atoms with Gasteiger partial charge in [-0.05, 0) is 43.1 Å². The summed E-state index contributed by atoms with van der Waals surface area (Å²) in [6.07, 6.45) is 5.34. The van der Waals surface area contributed by atoms with Gasteiger partial charge in [-0.2, -0.15) is 5.10 Å². The van der Waals surface area contributed by atoms with Crippen LogP contribution < -0.4 is 5.32 Å². The van der Waals surface area contributed by atoms with E-state index in [9.17, 15) is 4.79 Å². The first-order chi connectivity index (χ1) is 11.1. The fourth-order valence-corrected chi connectivity index (χ4v) is 3.60. The number of carbonyl (C=O) groups is 1. The lowest BCUT2D eigenvalue weighted by Gasteiger charge is -2.41. The minimum Gasteiger partial charge on any atom is -0.357 e. The van der Waals surface area contributed by atoms with Crippen molar-refractivity contribution in [2.24, 2.45) is 0 Å². The predicted octanol–water partition coefficient (Wildman–Crippen LogP) is 2.27. The van der Waals surface area contributed by atoms with E-state index in [4.69, 9.17) is 11.6 Å². The molecule has 23 heavy (non-hydrogen) atoms. The van der Waals surface area contributed by atoms with Gasteiger partial charge >= 0.3 is 0 Å². The standard InChI is InChI=1S/C17H21ClN4O/c1-19-16(23)17(22-10-4-8-20-22)7-3-9-21(13-17)12-14-5-2-6-15(18)11-14/h2,4-6,8,10-11H,3,7,9,12-13H2,1H3,(H,19,23). The van der Waals surface area contributed by atoms with Crippen molar-refractivity contribution in [2.45, 2.75) is 24.9 Å². The maximum atomic E-state index is 12.6. The third-order valence-corrected chi connectivity index (χ3v) is 4.67. The first-order valence-corrected chi connectivity index (χ1v) is 8.21. The third kappa shape index (κ3) is 3.26. The number of aromatic nitrogens is 2. The Morgan fingerprint density at radius 1 is 1.43 bits per heavy atom. The van der Waals surface area contributed by atoms with Gasteiger partial charge in [-0.25, -0.2) is 0 Å². The molecule has 1 aliphatic heterocycles. The lowest BCUT2D eigenvalue weighted by Crippen LogP contribution is -2.57. The number of carbonyl (C=O) groups excluding carboxylic acids is 1. The second-order valence-electron chi connectivity index (χ2n) is 6.01. The molecule has 3 rings (SSSR count). The second kappa shape index (κ2) is 6.72. The molecule has 5 nitrogen and oxygen atoms in total. The molecule has 0 radical (unpaired) electrons. The van der Waals surface area contributed by atoms with Crippen molar-refractivity contribution in [1.82, 2.24) is 20.0 Å². The summed E-state index contributed by atoms with van der Waals surface area (Å²) in [7, 11) is 1.68. The van der Waals surface area contributed by atoms with E-state index in [1.807, 2.05) is 30.5 Å². The molecule has 1 fully saturated rings. The molecule has 122 valence electrons. The highest BCUT2D eigenvalue weighted by atomic mass is 35.5. The third-order valence-electron chi connectivity index (χ3n) is 4.44. The number of halogens is 1. The molecule has 0 aliphatic carbocycles. The van der Waals surface area contributed by atoms with Crippen LogP contribution in [-0.4, -0.2) is 40.7 Å². The maximum absolute atomic E-state index is 12.6. The minimum absolute atomic E-state index is 0.0111. The number of amides is 1. The van der Waals surface area contributed by atoms with E-state index < -0.39 is 5.54 Å². The van der Waals surface area contributed by atoms with E-state index in [2.05, 4.69) is 21.4 Å². The van der Waals surface area contributed by atoms with Gasteiger partial charge in [0.25, 0.3) is 0 Å². The fourth-order valence-electron chi connectivity index (χ4n) is 3.38. The highest BCUT2D eigenvalue weighted by Crippen LogP contribution is 2.29. The summed E-state index contributed by atoms with van der Waals surface area (Å²) in [4.78, 5) is 14.9. The van der Waals surface area contributed by atoms with Crippen molar-refractivity contribution in [1.29, 1.82) is 0 Å². The van der Waals surface area contributed by atoms with E-state index in [0.717, 1.165) is 36.5 Å². The van der Waals surface area contributed by atoms with Gasteiger partial charge in [-0.1, -0.05) is 23.7 Å². The van der Waals surface area contributed by atoms with Crippen LogP contribution in [0.25, 0.3) is 0 Å². The van der Waals surface area contributed by atoms with E-state index >= 15 is 0 Å². The zero-order chi connectivity index (χ0) is 16.3. The Bertz CT molecular complexity index is 673. The molecule has 1 unspecified atom stereocenters. The Morgan fingerprint density at radius 2 is 2.30 bits per heavy atom. The van der Waals surface area contributed by atoms with E-state index in [1.54, 1.807) is 17.9 Å². The number of nitrogens with zero attached hydrogens (tertiary/aromatic N) is 3. The number of hydrogen-bond donors (Lipinski definition) is 1. The van der Waals surface area contributed by atoms with Crippen LogP contribution in [0.2, 0.25) is 5.02 Å². The van der Waals surface area contributed by atoms with Crippen LogP contribution in [0.5, 0.6) is 0 Å². The summed E-state index contributed by atoms with van der Waals surface area (Å²) in [6, 6.07) is 9.74. The Labute approximate surface area is 141 Å². The van der Waals surface area contributed by atoms with Gasteiger partial charge in [0, 0.05) is 37.6 Å². The molecule has 2 aromatic rings. The van der Waals surface area contributed by atoms with Crippen molar-refractivity contribution in [3.8, 4) is 0 Å². The van der Waals surface area contributed by atoms with Crippen LogP contribution in [0.4, 0.5) is 0 Å². The largest absolute Gasteiger partial charge is 0.357 e. The first kappa shape index (κ1) is 16.0. The fraction of sp³-hybridized carbons (Fsp3) is 0.412. The molecule has 1 aromatic carbocycles. The van der Waals surface area contributed by atoms with Gasteiger partial charge in [0.15, 0.2) is 5.54 Å². The molecule has 1 aromatic heterocycles. The van der Waals surface area contributed by atoms with Crippen LogP contribution in [0.1, 0.15) is 18.4 Å². The number of likely N-dealkylation sites (tertiary alicyclic amines) is 1. The minimum atomic E-state index is -0.644. The maximum Gasteiger partial charge on any atom is 0.249 e. The summed E-state index contributed by atoms with van der Waals surface area (Å²) < 4.78 is 1.80. The molecule has 1 aliphatic rings. The van der Waals surface area contributed by atoms with Crippen LogP contribution >= 0.6 is 11.6 Å². The summed E-state index contributed by atoms with van der Waals surface area (Å²) in [6.45, 7) is 2.38. The highest BCUT2D eigenvalue weighted by molar-refractivity contribution is 6.30. The number of hydrogen-bond acceptors (Lipinski definition) is 3. The normalized spacial score (nSPS) is 22.0. The van der Waals surface area contributed by atoms with Crippen molar-refractivity contribution in [2.75, 3.05) is 20.1 Å². The topological polar surface area (TPSA) is 50.2 Å². The van der Waals surface area contributed by atoms with Crippen molar-refractivity contribution < 1.29 is 4.79 Å². The number of likely N-dealkylation sites (N-methyl/N-ethyl adjacent to an activating group) is 1. The van der Waals surface area contributed by atoms with Gasteiger partial charge in [0.1, 0.15) is 0 Å². The van der Waals surface area contributed by atoms with Gasteiger partial charge in [0.05, 0.1) is 0 Å². The molecule has 0 spiro atoms. The molecule has 1 amide bonds. The molecule has 0 bridgehead atoms. The van der Waals surface area contributed by atoms with Crippen molar-refractivity contribution in [3.05, 3.63) is 53.3 Å². The van der Waals surface area contributed by atoms with E-state index in [1.165, 1.54) is 0 Å². The Morgan fingerprint density at radius 3 is 3.00 bits per heavy atom. The van der Waals surface area contributed by atoms with Gasteiger partial charge in [-0.15, -0.1) is 0 Å². The molecule has 1 N–H and O–H groups in total. The van der Waals surface area contributed by atoms with Crippen molar-refractivity contribution in [3.63, 3.8) is 0 Å². The average molecular weight is 333 g/mol. The smallest absolute Gasteiger partial charge is 0.249 e. The van der Waals surface area contributed by atoms with Crippen LogP contribution in [0.3, 0.4) is 0 Å². The molecular weight excluding hydrogens is 312 g/mol.